The maximum atomic E-state index is 11.9. The van der Waals surface area contributed by atoms with Crippen molar-refractivity contribution in [1.82, 2.24) is 0 Å². The minimum absolute atomic E-state index is 0.0445. The lowest BCUT2D eigenvalue weighted by Gasteiger charge is -2.40. The maximum absolute atomic E-state index is 11.9. The Labute approximate surface area is 140 Å². The van der Waals surface area contributed by atoms with Crippen molar-refractivity contribution in [3.8, 4) is 0 Å². The van der Waals surface area contributed by atoms with Gasteiger partial charge in [0.05, 0.1) is 20.3 Å². The molecule has 23 heavy (non-hydrogen) atoms. The average Bonchev–Trinajstić information content (AvgIpc) is 2.47. The quantitative estimate of drug-likeness (QED) is 0.332. The Balaban J connectivity index is 2.81. The first kappa shape index (κ1) is 19.9. The first-order valence-electron chi connectivity index (χ1n) is 8.05. The van der Waals surface area contributed by atoms with Crippen LogP contribution < -0.4 is 0 Å². The Morgan fingerprint density at radius 1 is 1.04 bits per heavy atom. The van der Waals surface area contributed by atoms with Gasteiger partial charge in [0.15, 0.2) is 14.2 Å². The first-order chi connectivity index (χ1) is 10.5. The molecule has 0 aromatic rings. The Kier molecular flexibility index (Phi) is 6.59. The van der Waals surface area contributed by atoms with E-state index in [2.05, 4.69) is 33.9 Å². The number of rotatable bonds is 5. The minimum atomic E-state index is -1.83. The SMILES string of the molecule is COC(=O)C(C(=O)OC)[C@@H]1C=C[C@H](O[Si](C)(C)C(C)(C)C)CC1. The number of methoxy groups -OCH3 is 2. The summed E-state index contributed by atoms with van der Waals surface area (Å²) in [5.41, 5.74) is 0. The molecule has 1 rings (SSSR count). The van der Waals surface area contributed by atoms with Crippen molar-refractivity contribution in [1.29, 1.82) is 0 Å². The van der Waals surface area contributed by atoms with E-state index in [1.165, 1.54) is 14.2 Å². The summed E-state index contributed by atoms with van der Waals surface area (Å²) in [6.07, 6.45) is 5.42. The molecular formula is C17H30O5Si. The molecule has 0 spiro atoms. The number of carbonyl (C=O) groups excluding carboxylic acids is 2. The summed E-state index contributed by atoms with van der Waals surface area (Å²) in [6, 6.07) is 0. The van der Waals surface area contributed by atoms with Gasteiger partial charge in [0.1, 0.15) is 0 Å². The van der Waals surface area contributed by atoms with Crippen molar-refractivity contribution in [3.63, 3.8) is 0 Å². The molecule has 0 N–H and O–H groups in total. The number of hydrogen-bond acceptors (Lipinski definition) is 5. The van der Waals surface area contributed by atoms with Crippen LogP contribution in [0.3, 0.4) is 0 Å². The fourth-order valence-electron chi connectivity index (χ4n) is 2.45. The Morgan fingerprint density at radius 2 is 1.57 bits per heavy atom. The molecule has 0 fully saturated rings. The average molecular weight is 343 g/mol. The predicted molar refractivity (Wildman–Crippen MR) is 91.5 cm³/mol. The monoisotopic (exact) mass is 342 g/mol. The van der Waals surface area contributed by atoms with Gasteiger partial charge in [0, 0.05) is 5.92 Å². The van der Waals surface area contributed by atoms with Crippen LogP contribution in [-0.4, -0.2) is 40.6 Å². The van der Waals surface area contributed by atoms with Gasteiger partial charge in [-0.1, -0.05) is 32.9 Å². The summed E-state index contributed by atoms with van der Waals surface area (Å²) in [4.78, 5) is 23.7. The molecule has 132 valence electrons. The van der Waals surface area contributed by atoms with Gasteiger partial charge in [0.2, 0.25) is 0 Å². The molecule has 0 aromatic carbocycles. The summed E-state index contributed by atoms with van der Waals surface area (Å²) in [7, 11) is 0.738. The molecule has 5 nitrogen and oxygen atoms in total. The van der Waals surface area contributed by atoms with Gasteiger partial charge < -0.3 is 13.9 Å². The third kappa shape index (κ3) is 4.91. The summed E-state index contributed by atoms with van der Waals surface area (Å²) in [5.74, 6) is -2.19. The number of ether oxygens (including phenoxy) is 2. The summed E-state index contributed by atoms with van der Waals surface area (Å²) < 4.78 is 15.8. The van der Waals surface area contributed by atoms with E-state index in [1.54, 1.807) is 0 Å². The van der Waals surface area contributed by atoms with Gasteiger partial charge in [-0.25, -0.2) is 0 Å². The smallest absolute Gasteiger partial charge is 0.320 e. The van der Waals surface area contributed by atoms with Crippen LogP contribution >= 0.6 is 0 Å². The van der Waals surface area contributed by atoms with Crippen molar-refractivity contribution in [2.75, 3.05) is 14.2 Å². The van der Waals surface area contributed by atoms with E-state index in [-0.39, 0.29) is 17.1 Å². The molecule has 1 aliphatic carbocycles. The highest BCUT2D eigenvalue weighted by Gasteiger charge is 2.41. The zero-order valence-electron chi connectivity index (χ0n) is 15.3. The first-order valence-corrected chi connectivity index (χ1v) is 11.0. The van der Waals surface area contributed by atoms with Gasteiger partial charge in [-0.3, -0.25) is 9.59 Å². The molecule has 0 amide bonds. The van der Waals surface area contributed by atoms with E-state index in [9.17, 15) is 9.59 Å². The lowest BCUT2D eigenvalue weighted by molar-refractivity contribution is -0.161. The summed E-state index contributed by atoms with van der Waals surface area (Å²) in [6.45, 7) is 11.1. The van der Waals surface area contributed by atoms with E-state index in [4.69, 9.17) is 13.9 Å². The predicted octanol–water partition coefficient (Wildman–Crippen LogP) is 3.31. The van der Waals surface area contributed by atoms with Gasteiger partial charge >= 0.3 is 11.9 Å². The Bertz CT molecular complexity index is 448. The normalized spacial score (nSPS) is 22.1. The molecule has 0 heterocycles. The van der Waals surface area contributed by atoms with E-state index in [1.807, 2.05) is 12.2 Å². The fraction of sp³-hybridized carbons (Fsp3) is 0.765. The second-order valence-corrected chi connectivity index (χ2v) is 12.3. The zero-order chi connectivity index (χ0) is 17.8. The maximum Gasteiger partial charge on any atom is 0.320 e. The summed E-state index contributed by atoms with van der Waals surface area (Å²) >= 11 is 0. The number of allylic oxidation sites excluding steroid dienone is 1. The second-order valence-electron chi connectivity index (χ2n) is 7.57. The van der Waals surface area contributed by atoms with E-state index in [0.29, 0.717) is 6.42 Å². The molecule has 0 saturated carbocycles. The largest absolute Gasteiger partial charge is 0.468 e. The third-order valence-electron chi connectivity index (χ3n) is 4.95. The van der Waals surface area contributed by atoms with E-state index in [0.717, 1.165) is 6.42 Å². The van der Waals surface area contributed by atoms with Gasteiger partial charge in [-0.15, -0.1) is 0 Å². The van der Waals surface area contributed by atoms with Crippen molar-refractivity contribution in [3.05, 3.63) is 12.2 Å². The highest BCUT2D eigenvalue weighted by molar-refractivity contribution is 6.74. The van der Waals surface area contributed by atoms with Crippen molar-refractivity contribution >= 4 is 20.3 Å². The Hall–Kier alpha value is -1.14. The van der Waals surface area contributed by atoms with Crippen LogP contribution in [-0.2, 0) is 23.5 Å². The standard InChI is InChI=1S/C17H30O5Si/c1-17(2,3)23(6,7)22-13-10-8-12(9-11-13)14(15(18)20-4)16(19)21-5/h8,10,12-14H,9,11H2,1-7H3/t12-,13+/m1/s1. The van der Waals surface area contributed by atoms with Gasteiger partial charge in [0.25, 0.3) is 0 Å². The van der Waals surface area contributed by atoms with Crippen molar-refractivity contribution in [2.24, 2.45) is 11.8 Å². The summed E-state index contributed by atoms with van der Waals surface area (Å²) in [5, 5.41) is 0.151. The molecule has 0 aromatic heterocycles. The lowest BCUT2D eigenvalue weighted by Crippen LogP contribution is -2.44. The van der Waals surface area contributed by atoms with Crippen LogP contribution in [0.15, 0.2) is 12.2 Å². The van der Waals surface area contributed by atoms with Crippen LogP contribution in [0.2, 0.25) is 18.1 Å². The molecule has 6 heteroatoms. The number of carbonyl (C=O) groups is 2. The highest BCUT2D eigenvalue weighted by Crippen LogP contribution is 2.39. The molecule has 0 aliphatic heterocycles. The van der Waals surface area contributed by atoms with Gasteiger partial charge in [-0.05, 0) is 31.0 Å². The highest BCUT2D eigenvalue weighted by atomic mass is 28.4. The topological polar surface area (TPSA) is 61.8 Å². The second kappa shape index (κ2) is 7.62. The zero-order valence-corrected chi connectivity index (χ0v) is 16.3. The fourth-order valence-corrected chi connectivity index (χ4v) is 3.75. The van der Waals surface area contributed by atoms with Gasteiger partial charge in [-0.2, -0.15) is 0 Å². The van der Waals surface area contributed by atoms with Crippen LogP contribution in [0.25, 0.3) is 0 Å². The molecule has 0 saturated heterocycles. The molecular weight excluding hydrogens is 312 g/mol. The van der Waals surface area contributed by atoms with Crippen LogP contribution in [0.1, 0.15) is 33.6 Å². The molecule has 1 aliphatic rings. The number of esters is 2. The van der Waals surface area contributed by atoms with Crippen LogP contribution in [0, 0.1) is 11.8 Å². The van der Waals surface area contributed by atoms with Crippen molar-refractivity contribution < 1.29 is 23.5 Å². The number of hydrogen-bond donors (Lipinski definition) is 0. The Morgan fingerprint density at radius 3 is 1.91 bits per heavy atom. The van der Waals surface area contributed by atoms with Crippen molar-refractivity contribution in [2.45, 2.75) is 57.8 Å². The third-order valence-corrected chi connectivity index (χ3v) is 9.45. The van der Waals surface area contributed by atoms with Crippen LogP contribution in [0.4, 0.5) is 0 Å². The molecule has 0 unspecified atom stereocenters. The molecule has 0 bridgehead atoms. The van der Waals surface area contributed by atoms with Crippen LogP contribution in [0.5, 0.6) is 0 Å². The lowest BCUT2D eigenvalue weighted by atomic mass is 9.83. The molecule has 0 radical (unpaired) electrons. The molecule has 2 atom stereocenters. The van der Waals surface area contributed by atoms with E-state index >= 15 is 0 Å². The minimum Gasteiger partial charge on any atom is -0.468 e. The van der Waals surface area contributed by atoms with E-state index < -0.39 is 26.2 Å².